The van der Waals surface area contributed by atoms with Crippen LogP contribution in [0.2, 0.25) is 0 Å². The number of urea groups is 1. The number of nitrogens with zero attached hydrogens (tertiary/aromatic N) is 1. The van der Waals surface area contributed by atoms with Crippen LogP contribution in [0.25, 0.3) is 0 Å². The Labute approximate surface area is 162 Å². The van der Waals surface area contributed by atoms with E-state index in [1.165, 1.54) is 0 Å². The number of carbonyl (C=O) groups is 2. The van der Waals surface area contributed by atoms with E-state index in [-0.39, 0.29) is 29.9 Å². The Hall–Kier alpha value is -1.76. The first-order chi connectivity index (χ1) is 12.4. The maximum Gasteiger partial charge on any atom is 0.315 e. The molecule has 2 heterocycles. The third-order valence-electron chi connectivity index (χ3n) is 4.95. The predicted octanol–water partition coefficient (Wildman–Crippen LogP) is 3.22. The lowest BCUT2D eigenvalue weighted by Crippen LogP contribution is -2.50. The van der Waals surface area contributed by atoms with Gasteiger partial charge in [-0.25, -0.2) is 4.79 Å². The second-order valence-corrected chi connectivity index (χ2v) is 8.16. The van der Waals surface area contributed by atoms with Crippen LogP contribution < -0.4 is 15.4 Å². The van der Waals surface area contributed by atoms with Crippen molar-refractivity contribution in [3.8, 4) is 5.75 Å². The minimum absolute atomic E-state index is 0.0238. The van der Waals surface area contributed by atoms with Crippen molar-refractivity contribution in [2.75, 3.05) is 19.7 Å². The van der Waals surface area contributed by atoms with E-state index in [0.717, 1.165) is 35.0 Å². The van der Waals surface area contributed by atoms with Crippen molar-refractivity contribution in [3.05, 3.63) is 28.2 Å². The molecular formula is C19H26BrN3O3. The highest BCUT2D eigenvalue weighted by molar-refractivity contribution is 9.10. The molecule has 7 heteroatoms. The summed E-state index contributed by atoms with van der Waals surface area (Å²) in [6, 6.07) is 5.75. The lowest BCUT2D eigenvalue weighted by atomic mass is 10.0. The van der Waals surface area contributed by atoms with Crippen LogP contribution in [0.5, 0.6) is 5.75 Å². The van der Waals surface area contributed by atoms with Gasteiger partial charge in [0.15, 0.2) is 0 Å². The lowest BCUT2D eigenvalue weighted by molar-refractivity contribution is -0.135. The topological polar surface area (TPSA) is 70.7 Å². The van der Waals surface area contributed by atoms with Crippen molar-refractivity contribution in [3.63, 3.8) is 0 Å². The van der Waals surface area contributed by atoms with Crippen LogP contribution in [0.1, 0.15) is 44.7 Å². The SMILES string of the molecule is CC(C)C(=O)N1CCC(NC(=O)NC2CCOc3ccc(Br)cc32)CC1. The van der Waals surface area contributed by atoms with Crippen molar-refractivity contribution in [2.45, 2.75) is 45.2 Å². The molecule has 0 aromatic heterocycles. The summed E-state index contributed by atoms with van der Waals surface area (Å²) < 4.78 is 6.63. The van der Waals surface area contributed by atoms with Crippen LogP contribution in [0, 0.1) is 5.92 Å². The van der Waals surface area contributed by atoms with Gasteiger partial charge in [0, 0.05) is 41.5 Å². The first kappa shape index (κ1) is 19.0. The van der Waals surface area contributed by atoms with Gasteiger partial charge in [0.1, 0.15) is 5.75 Å². The third kappa shape index (κ3) is 4.50. The molecule has 3 rings (SSSR count). The van der Waals surface area contributed by atoms with Crippen LogP contribution in [0.15, 0.2) is 22.7 Å². The fraction of sp³-hybridized carbons (Fsp3) is 0.579. The summed E-state index contributed by atoms with van der Waals surface area (Å²) in [6.07, 6.45) is 2.34. The van der Waals surface area contributed by atoms with E-state index in [1.807, 2.05) is 36.9 Å². The fourth-order valence-electron chi connectivity index (χ4n) is 3.51. The molecule has 1 atom stereocenters. The zero-order chi connectivity index (χ0) is 18.7. The molecule has 6 nitrogen and oxygen atoms in total. The van der Waals surface area contributed by atoms with E-state index >= 15 is 0 Å². The van der Waals surface area contributed by atoms with Crippen LogP contribution >= 0.6 is 15.9 Å². The van der Waals surface area contributed by atoms with Gasteiger partial charge < -0.3 is 20.3 Å². The molecule has 142 valence electrons. The maximum absolute atomic E-state index is 12.4. The van der Waals surface area contributed by atoms with Gasteiger partial charge >= 0.3 is 6.03 Å². The molecule has 1 unspecified atom stereocenters. The van der Waals surface area contributed by atoms with Gasteiger partial charge in [0.05, 0.1) is 12.6 Å². The van der Waals surface area contributed by atoms with E-state index in [9.17, 15) is 9.59 Å². The minimum atomic E-state index is -0.156. The van der Waals surface area contributed by atoms with Crippen molar-refractivity contribution in [2.24, 2.45) is 5.92 Å². The standard InChI is InChI=1S/C19H26BrN3O3/c1-12(2)18(24)23-8-5-14(6-9-23)21-19(25)22-16-7-10-26-17-4-3-13(20)11-15(16)17/h3-4,11-12,14,16H,5-10H2,1-2H3,(H2,21,22,25). The van der Waals surface area contributed by atoms with Crippen LogP contribution in [0.3, 0.4) is 0 Å². The third-order valence-corrected chi connectivity index (χ3v) is 5.45. The van der Waals surface area contributed by atoms with Crippen molar-refractivity contribution < 1.29 is 14.3 Å². The number of likely N-dealkylation sites (tertiary alicyclic amines) is 1. The Kier molecular flexibility index (Phi) is 6.06. The van der Waals surface area contributed by atoms with E-state index in [4.69, 9.17) is 4.74 Å². The molecule has 0 radical (unpaired) electrons. The van der Waals surface area contributed by atoms with E-state index in [2.05, 4.69) is 26.6 Å². The summed E-state index contributed by atoms with van der Waals surface area (Å²) in [7, 11) is 0. The first-order valence-corrected chi connectivity index (χ1v) is 10.0. The molecule has 26 heavy (non-hydrogen) atoms. The summed E-state index contributed by atoms with van der Waals surface area (Å²) in [5.41, 5.74) is 0.998. The smallest absolute Gasteiger partial charge is 0.315 e. The highest BCUT2D eigenvalue weighted by atomic mass is 79.9. The fourth-order valence-corrected chi connectivity index (χ4v) is 3.89. The van der Waals surface area contributed by atoms with Gasteiger partial charge in [0.2, 0.25) is 5.91 Å². The molecule has 2 aliphatic rings. The Bertz CT molecular complexity index is 672. The Morgan fingerprint density at radius 2 is 1.92 bits per heavy atom. The highest BCUT2D eigenvalue weighted by Gasteiger charge is 2.27. The zero-order valence-electron chi connectivity index (χ0n) is 15.3. The molecule has 2 aliphatic heterocycles. The average molecular weight is 424 g/mol. The van der Waals surface area contributed by atoms with Gasteiger partial charge in [0.25, 0.3) is 0 Å². The summed E-state index contributed by atoms with van der Waals surface area (Å²) >= 11 is 3.48. The Balaban J connectivity index is 1.52. The minimum Gasteiger partial charge on any atom is -0.493 e. The Morgan fingerprint density at radius 3 is 2.62 bits per heavy atom. The quantitative estimate of drug-likeness (QED) is 0.783. The largest absolute Gasteiger partial charge is 0.493 e. The second kappa shape index (κ2) is 8.29. The lowest BCUT2D eigenvalue weighted by Gasteiger charge is -2.34. The van der Waals surface area contributed by atoms with Crippen molar-refractivity contribution >= 4 is 27.9 Å². The molecule has 0 spiro atoms. The van der Waals surface area contributed by atoms with Gasteiger partial charge in [-0.05, 0) is 31.0 Å². The predicted molar refractivity (Wildman–Crippen MR) is 103 cm³/mol. The molecule has 1 aromatic carbocycles. The molecule has 2 N–H and O–H groups in total. The van der Waals surface area contributed by atoms with Crippen molar-refractivity contribution in [1.29, 1.82) is 0 Å². The first-order valence-electron chi connectivity index (χ1n) is 9.22. The summed E-state index contributed by atoms with van der Waals surface area (Å²) in [6.45, 7) is 5.84. The number of carbonyl (C=O) groups excluding carboxylic acids is 2. The van der Waals surface area contributed by atoms with Gasteiger partial charge in [-0.15, -0.1) is 0 Å². The number of amides is 3. The average Bonchev–Trinajstić information content (AvgIpc) is 2.62. The molecule has 1 aromatic rings. The molecular weight excluding hydrogens is 398 g/mol. The molecule has 1 saturated heterocycles. The number of hydrogen-bond acceptors (Lipinski definition) is 3. The van der Waals surface area contributed by atoms with Gasteiger partial charge in [-0.3, -0.25) is 4.79 Å². The van der Waals surface area contributed by atoms with Crippen molar-refractivity contribution in [1.82, 2.24) is 15.5 Å². The number of halogens is 1. The van der Waals surface area contributed by atoms with Gasteiger partial charge in [-0.1, -0.05) is 29.8 Å². The monoisotopic (exact) mass is 423 g/mol. The number of piperidine rings is 1. The molecule has 1 fully saturated rings. The Morgan fingerprint density at radius 1 is 1.19 bits per heavy atom. The summed E-state index contributed by atoms with van der Waals surface area (Å²) in [4.78, 5) is 26.4. The molecule has 0 aliphatic carbocycles. The summed E-state index contributed by atoms with van der Waals surface area (Å²) in [5.74, 6) is 1.04. The molecule has 0 bridgehead atoms. The van der Waals surface area contributed by atoms with Gasteiger partial charge in [-0.2, -0.15) is 0 Å². The number of benzene rings is 1. The number of hydrogen-bond donors (Lipinski definition) is 2. The number of fused-ring (bicyclic) bond motifs is 1. The van der Waals surface area contributed by atoms with E-state index in [1.54, 1.807) is 0 Å². The number of nitrogens with one attached hydrogen (secondary N) is 2. The van der Waals surface area contributed by atoms with E-state index in [0.29, 0.717) is 19.7 Å². The highest BCUT2D eigenvalue weighted by Crippen LogP contribution is 2.34. The van der Waals surface area contributed by atoms with Crippen LogP contribution in [-0.4, -0.2) is 42.6 Å². The zero-order valence-corrected chi connectivity index (χ0v) is 16.8. The van der Waals surface area contributed by atoms with E-state index < -0.39 is 0 Å². The number of ether oxygens (including phenoxy) is 1. The maximum atomic E-state index is 12.4. The van der Waals surface area contributed by atoms with Crippen LogP contribution in [0.4, 0.5) is 4.79 Å². The molecule has 0 saturated carbocycles. The van der Waals surface area contributed by atoms with Crippen LogP contribution in [-0.2, 0) is 4.79 Å². The second-order valence-electron chi connectivity index (χ2n) is 7.24. The normalized spacial score (nSPS) is 20.3. The summed E-state index contributed by atoms with van der Waals surface area (Å²) in [5, 5.41) is 6.13. The molecule has 3 amide bonds. The number of rotatable bonds is 3.